The molecule has 0 radical (unpaired) electrons. The van der Waals surface area contributed by atoms with Gasteiger partial charge in [0.1, 0.15) is 12.6 Å². The van der Waals surface area contributed by atoms with Gasteiger partial charge in [-0.15, -0.1) is 0 Å². The van der Waals surface area contributed by atoms with E-state index in [2.05, 4.69) is 10.1 Å². The van der Waals surface area contributed by atoms with Crippen LogP contribution in [0.2, 0.25) is 0 Å². The zero-order chi connectivity index (χ0) is 16.2. The van der Waals surface area contributed by atoms with E-state index >= 15 is 0 Å². The largest absolute Gasteiger partial charge is 0.475 e. The number of aromatic nitrogens is 3. The van der Waals surface area contributed by atoms with Gasteiger partial charge in [0.15, 0.2) is 0 Å². The lowest BCUT2D eigenvalue weighted by atomic mass is 10.2. The molecule has 0 fully saturated rings. The number of rotatable bonds is 5. The van der Waals surface area contributed by atoms with Crippen molar-refractivity contribution in [3.8, 4) is 5.88 Å². The average molecular weight is 315 g/mol. The lowest BCUT2D eigenvalue weighted by Gasteiger charge is -2.34. The Morgan fingerprint density at radius 2 is 2.22 bits per heavy atom. The molecule has 2 aromatic rings. The zero-order valence-corrected chi connectivity index (χ0v) is 13.4. The topological polar surface area (TPSA) is 63.5 Å². The van der Waals surface area contributed by atoms with Crippen molar-refractivity contribution >= 4 is 5.91 Å². The molecule has 0 spiro atoms. The van der Waals surface area contributed by atoms with Gasteiger partial charge < -0.3 is 14.5 Å². The third kappa shape index (κ3) is 3.68. The summed E-state index contributed by atoms with van der Waals surface area (Å²) in [5, 5.41) is 4.37. The highest BCUT2D eigenvalue weighted by molar-refractivity contribution is 5.78. The highest BCUT2D eigenvalue weighted by Gasteiger charge is 2.29. The Bertz CT molecular complexity index is 656. The third-order valence-electron chi connectivity index (χ3n) is 3.75. The van der Waals surface area contributed by atoms with Crippen LogP contribution in [0.4, 0.5) is 0 Å². The summed E-state index contributed by atoms with van der Waals surface area (Å²) in [6.45, 7) is 2.01. The summed E-state index contributed by atoms with van der Waals surface area (Å²) in [6, 6.07) is 7.49. The number of nitrogens with zero attached hydrogens (tertiary/aromatic N) is 5. The molecule has 1 aliphatic rings. The number of ether oxygens (including phenoxy) is 1. The van der Waals surface area contributed by atoms with E-state index in [1.165, 1.54) is 0 Å². The second kappa shape index (κ2) is 6.78. The molecule has 1 unspecified atom stereocenters. The van der Waals surface area contributed by atoms with Crippen LogP contribution in [0.5, 0.6) is 5.88 Å². The molecule has 23 heavy (non-hydrogen) atoms. The number of carbonyl (C=O) groups is 1. The van der Waals surface area contributed by atoms with E-state index in [0.29, 0.717) is 32.1 Å². The highest BCUT2D eigenvalue weighted by Crippen LogP contribution is 2.21. The Morgan fingerprint density at radius 1 is 1.35 bits per heavy atom. The first-order valence-corrected chi connectivity index (χ1v) is 7.62. The summed E-state index contributed by atoms with van der Waals surface area (Å²) in [6.07, 6.45) is 3.46. The van der Waals surface area contributed by atoms with E-state index in [4.69, 9.17) is 4.74 Å². The predicted octanol–water partition coefficient (Wildman–Crippen LogP) is 0.802. The van der Waals surface area contributed by atoms with Crippen LogP contribution in [-0.2, 0) is 11.3 Å². The molecule has 0 aliphatic carbocycles. The maximum Gasteiger partial charge on any atom is 0.237 e. The van der Waals surface area contributed by atoms with Gasteiger partial charge in [-0.2, -0.15) is 5.10 Å². The Morgan fingerprint density at radius 3 is 2.96 bits per heavy atom. The molecule has 122 valence electrons. The van der Waals surface area contributed by atoms with E-state index in [9.17, 15) is 4.79 Å². The van der Waals surface area contributed by atoms with E-state index in [0.717, 1.165) is 5.69 Å². The molecule has 3 rings (SSSR count). The number of pyridine rings is 1. The van der Waals surface area contributed by atoms with E-state index < -0.39 is 0 Å². The number of carbonyl (C=O) groups excluding carboxylic acids is 1. The number of fused-ring (bicyclic) bond motifs is 1. The minimum absolute atomic E-state index is 0.0122. The zero-order valence-electron chi connectivity index (χ0n) is 13.4. The number of amides is 1. The van der Waals surface area contributed by atoms with Crippen LogP contribution in [0.25, 0.3) is 0 Å². The molecule has 1 aliphatic heterocycles. The molecule has 1 atom stereocenters. The molecule has 0 aromatic carbocycles. The van der Waals surface area contributed by atoms with Crippen molar-refractivity contribution in [2.45, 2.75) is 12.6 Å². The fourth-order valence-electron chi connectivity index (χ4n) is 2.69. The van der Waals surface area contributed by atoms with Crippen molar-refractivity contribution in [1.29, 1.82) is 0 Å². The highest BCUT2D eigenvalue weighted by atomic mass is 16.5. The summed E-state index contributed by atoms with van der Waals surface area (Å²) in [4.78, 5) is 20.3. The minimum atomic E-state index is -0.0122. The van der Waals surface area contributed by atoms with Gasteiger partial charge >= 0.3 is 0 Å². The molecule has 2 aromatic heterocycles. The van der Waals surface area contributed by atoms with Crippen molar-refractivity contribution in [3.63, 3.8) is 0 Å². The maximum absolute atomic E-state index is 12.4. The summed E-state index contributed by atoms with van der Waals surface area (Å²) < 4.78 is 7.71. The van der Waals surface area contributed by atoms with Gasteiger partial charge in [-0.05, 0) is 26.2 Å². The summed E-state index contributed by atoms with van der Waals surface area (Å²) in [5.74, 6) is 0.697. The van der Waals surface area contributed by atoms with E-state index in [1.807, 2.05) is 52.8 Å². The smallest absolute Gasteiger partial charge is 0.237 e. The van der Waals surface area contributed by atoms with Crippen LogP contribution < -0.4 is 4.74 Å². The second-order valence-electron chi connectivity index (χ2n) is 5.91. The average Bonchev–Trinajstić information content (AvgIpc) is 3.01. The van der Waals surface area contributed by atoms with E-state index in [-0.39, 0.29) is 11.9 Å². The Labute approximate surface area is 135 Å². The fourth-order valence-corrected chi connectivity index (χ4v) is 2.69. The summed E-state index contributed by atoms with van der Waals surface area (Å²) in [7, 11) is 3.79. The van der Waals surface area contributed by atoms with Gasteiger partial charge in [0.05, 0.1) is 18.8 Å². The van der Waals surface area contributed by atoms with Crippen LogP contribution in [0.3, 0.4) is 0 Å². The Balaban J connectivity index is 1.70. The molecule has 7 nitrogen and oxygen atoms in total. The molecular formula is C16H21N5O2. The van der Waals surface area contributed by atoms with Crippen molar-refractivity contribution < 1.29 is 9.53 Å². The molecule has 1 amide bonds. The Hall–Kier alpha value is -2.41. The van der Waals surface area contributed by atoms with Crippen molar-refractivity contribution in [2.75, 3.05) is 33.8 Å². The molecule has 0 saturated heterocycles. The van der Waals surface area contributed by atoms with Crippen molar-refractivity contribution in [2.24, 2.45) is 0 Å². The van der Waals surface area contributed by atoms with Crippen LogP contribution in [-0.4, -0.2) is 64.3 Å². The molecule has 0 N–H and O–H groups in total. The standard InChI is InChI=1S/C16H21N5O2/c1-19(2)11-16(22)20-9-13-6-8-18-21(13)14(10-20)12-23-15-5-3-4-7-17-15/h3-8,14H,9-12H2,1-2H3. The van der Waals surface area contributed by atoms with Crippen molar-refractivity contribution in [3.05, 3.63) is 42.4 Å². The SMILES string of the molecule is CN(C)CC(=O)N1Cc2ccnn2C(COc2ccccn2)C1. The van der Waals surface area contributed by atoms with E-state index in [1.54, 1.807) is 12.4 Å². The second-order valence-corrected chi connectivity index (χ2v) is 5.91. The normalized spacial score (nSPS) is 17.2. The first-order chi connectivity index (χ1) is 11.1. The van der Waals surface area contributed by atoms with Crippen LogP contribution >= 0.6 is 0 Å². The molecule has 0 bridgehead atoms. The summed E-state index contributed by atoms with van der Waals surface area (Å²) >= 11 is 0. The Kier molecular flexibility index (Phi) is 4.57. The van der Waals surface area contributed by atoms with Gasteiger partial charge in [-0.1, -0.05) is 6.07 Å². The lowest BCUT2D eigenvalue weighted by molar-refractivity contribution is -0.134. The molecule has 3 heterocycles. The fraction of sp³-hybridized carbons (Fsp3) is 0.438. The van der Waals surface area contributed by atoms with Crippen LogP contribution in [0.15, 0.2) is 36.7 Å². The quantitative estimate of drug-likeness (QED) is 0.817. The van der Waals surface area contributed by atoms with Gasteiger partial charge in [-0.3, -0.25) is 9.48 Å². The summed E-state index contributed by atoms with van der Waals surface area (Å²) in [5.41, 5.74) is 1.03. The van der Waals surface area contributed by atoms with Crippen LogP contribution in [0.1, 0.15) is 11.7 Å². The first kappa shape index (κ1) is 15.5. The number of likely N-dealkylation sites (N-methyl/N-ethyl adjacent to an activating group) is 1. The number of hydrogen-bond acceptors (Lipinski definition) is 5. The minimum Gasteiger partial charge on any atom is -0.475 e. The first-order valence-electron chi connectivity index (χ1n) is 7.62. The predicted molar refractivity (Wildman–Crippen MR) is 85.0 cm³/mol. The molecule has 0 saturated carbocycles. The van der Waals surface area contributed by atoms with Gasteiger partial charge in [-0.25, -0.2) is 4.98 Å². The molecule has 7 heteroatoms. The van der Waals surface area contributed by atoms with Crippen LogP contribution in [0, 0.1) is 0 Å². The lowest BCUT2D eigenvalue weighted by Crippen LogP contribution is -2.45. The molecular weight excluding hydrogens is 294 g/mol. The number of hydrogen-bond donors (Lipinski definition) is 0. The van der Waals surface area contributed by atoms with Gasteiger partial charge in [0.2, 0.25) is 11.8 Å². The third-order valence-corrected chi connectivity index (χ3v) is 3.75. The van der Waals surface area contributed by atoms with Gasteiger partial charge in [0.25, 0.3) is 0 Å². The monoisotopic (exact) mass is 315 g/mol. The van der Waals surface area contributed by atoms with Crippen molar-refractivity contribution in [1.82, 2.24) is 24.6 Å². The van der Waals surface area contributed by atoms with Gasteiger partial charge in [0, 0.05) is 25.0 Å². The maximum atomic E-state index is 12.4.